The summed E-state index contributed by atoms with van der Waals surface area (Å²) in [6.07, 6.45) is 1.36. The second-order valence-electron chi connectivity index (χ2n) is 8.40. The fraction of sp³-hybridized carbons (Fsp3) is 0.296. The molecule has 1 aliphatic rings. The number of nitrogens with zero attached hydrogens (tertiary/aromatic N) is 2. The van der Waals surface area contributed by atoms with Crippen molar-refractivity contribution in [1.82, 2.24) is 15.6 Å². The molecular weight excluding hydrogens is 426 g/mol. The van der Waals surface area contributed by atoms with E-state index in [-0.39, 0.29) is 24.0 Å². The van der Waals surface area contributed by atoms with E-state index >= 15 is 0 Å². The summed E-state index contributed by atoms with van der Waals surface area (Å²) in [7, 11) is 0. The van der Waals surface area contributed by atoms with Crippen LogP contribution in [0.25, 0.3) is 0 Å². The van der Waals surface area contributed by atoms with E-state index in [4.69, 9.17) is 10.00 Å². The van der Waals surface area contributed by atoms with Gasteiger partial charge >= 0.3 is 0 Å². The van der Waals surface area contributed by atoms with Gasteiger partial charge < -0.3 is 20.7 Å². The molecule has 0 radical (unpaired) electrons. The van der Waals surface area contributed by atoms with Crippen molar-refractivity contribution in [3.8, 4) is 11.9 Å². The van der Waals surface area contributed by atoms with Crippen LogP contribution in [-0.2, 0) is 0 Å². The zero-order chi connectivity index (χ0) is 23.9. The Balaban J connectivity index is 1.49. The van der Waals surface area contributed by atoms with Crippen LogP contribution in [0.2, 0.25) is 0 Å². The summed E-state index contributed by atoms with van der Waals surface area (Å²) >= 11 is 0. The first-order valence-electron chi connectivity index (χ1n) is 11.6. The number of aromatic nitrogens is 1. The summed E-state index contributed by atoms with van der Waals surface area (Å²) in [5.74, 6) is 0.593. The number of carbonyl (C=O) groups excluding carboxylic acids is 1. The van der Waals surface area contributed by atoms with Gasteiger partial charge in [-0.25, -0.2) is 4.98 Å². The maximum absolute atomic E-state index is 12.1. The molecule has 7 heteroatoms. The van der Waals surface area contributed by atoms with Crippen molar-refractivity contribution in [2.45, 2.75) is 31.9 Å². The predicted molar refractivity (Wildman–Crippen MR) is 132 cm³/mol. The SMILES string of the molecule is CCNC(=O)c1cnc2c(c1)NC[C@@H]([C@H](NCC(C)c1ccc(C#N)cc1)c1ccccc1)O2. The molecule has 1 aliphatic heterocycles. The highest BCUT2D eigenvalue weighted by molar-refractivity contribution is 5.95. The molecule has 0 saturated carbocycles. The summed E-state index contributed by atoms with van der Waals surface area (Å²) in [4.78, 5) is 16.6. The van der Waals surface area contributed by atoms with Gasteiger partial charge in [0, 0.05) is 19.3 Å². The third kappa shape index (κ3) is 5.36. The van der Waals surface area contributed by atoms with Gasteiger partial charge in [0.1, 0.15) is 6.10 Å². The van der Waals surface area contributed by atoms with Crippen LogP contribution in [0.3, 0.4) is 0 Å². The fourth-order valence-corrected chi connectivity index (χ4v) is 4.07. The van der Waals surface area contributed by atoms with Crippen LogP contribution in [0.15, 0.2) is 66.9 Å². The van der Waals surface area contributed by atoms with Gasteiger partial charge in [-0.05, 0) is 42.2 Å². The van der Waals surface area contributed by atoms with Crippen LogP contribution in [0.4, 0.5) is 5.69 Å². The zero-order valence-corrected chi connectivity index (χ0v) is 19.4. The van der Waals surface area contributed by atoms with E-state index in [1.54, 1.807) is 12.3 Å². The summed E-state index contributed by atoms with van der Waals surface area (Å²) in [5.41, 5.74) is 4.19. The smallest absolute Gasteiger partial charge is 0.252 e. The lowest BCUT2D eigenvalue weighted by molar-refractivity contribution is 0.0955. The Morgan fingerprint density at radius 1 is 1.21 bits per heavy atom. The number of hydrogen-bond acceptors (Lipinski definition) is 6. The fourth-order valence-electron chi connectivity index (χ4n) is 4.07. The van der Waals surface area contributed by atoms with Crippen molar-refractivity contribution in [2.24, 2.45) is 0 Å². The topological polar surface area (TPSA) is 99.1 Å². The molecule has 1 amide bonds. The summed E-state index contributed by atoms with van der Waals surface area (Å²) in [6.45, 7) is 5.92. The summed E-state index contributed by atoms with van der Waals surface area (Å²) in [6, 6.07) is 21.8. The molecule has 3 aromatic rings. The van der Waals surface area contributed by atoms with Crippen molar-refractivity contribution < 1.29 is 9.53 Å². The molecule has 1 unspecified atom stereocenters. The lowest BCUT2D eigenvalue weighted by Crippen LogP contribution is -2.43. The van der Waals surface area contributed by atoms with Crippen LogP contribution >= 0.6 is 0 Å². The van der Waals surface area contributed by atoms with Crippen molar-refractivity contribution in [1.29, 1.82) is 5.26 Å². The number of ether oxygens (including phenoxy) is 1. The molecule has 34 heavy (non-hydrogen) atoms. The number of pyridine rings is 1. The Kier molecular flexibility index (Phi) is 7.41. The molecule has 0 aliphatic carbocycles. The average Bonchev–Trinajstić information content (AvgIpc) is 2.89. The highest BCUT2D eigenvalue weighted by Crippen LogP contribution is 2.32. The van der Waals surface area contributed by atoms with Crippen molar-refractivity contribution >= 4 is 11.6 Å². The Morgan fingerprint density at radius 2 is 1.97 bits per heavy atom. The number of benzene rings is 2. The van der Waals surface area contributed by atoms with Crippen LogP contribution in [0.1, 0.15) is 52.9 Å². The quantitative estimate of drug-likeness (QED) is 0.475. The number of hydrogen-bond donors (Lipinski definition) is 3. The molecule has 2 heterocycles. The van der Waals surface area contributed by atoms with Crippen LogP contribution in [-0.4, -0.2) is 36.6 Å². The molecule has 0 saturated heterocycles. The third-order valence-corrected chi connectivity index (χ3v) is 5.99. The summed E-state index contributed by atoms with van der Waals surface area (Å²) in [5, 5.41) is 18.9. The van der Waals surface area contributed by atoms with Gasteiger partial charge in [-0.15, -0.1) is 0 Å². The number of nitrogens with one attached hydrogen (secondary N) is 3. The molecule has 3 N–H and O–H groups in total. The molecule has 174 valence electrons. The predicted octanol–water partition coefficient (Wildman–Crippen LogP) is 4.01. The van der Waals surface area contributed by atoms with Crippen molar-refractivity contribution in [3.63, 3.8) is 0 Å². The molecule has 0 spiro atoms. The largest absolute Gasteiger partial charge is 0.469 e. The first-order valence-corrected chi connectivity index (χ1v) is 11.6. The molecule has 3 atom stereocenters. The van der Waals surface area contributed by atoms with Crippen LogP contribution in [0.5, 0.6) is 5.88 Å². The van der Waals surface area contributed by atoms with E-state index in [0.717, 1.165) is 17.8 Å². The first kappa shape index (κ1) is 23.3. The number of anilines is 1. The van der Waals surface area contributed by atoms with E-state index in [1.165, 1.54) is 5.56 Å². The lowest BCUT2D eigenvalue weighted by Gasteiger charge is -2.34. The minimum absolute atomic E-state index is 0.0625. The molecule has 2 aromatic carbocycles. The van der Waals surface area contributed by atoms with Gasteiger partial charge in [0.15, 0.2) is 0 Å². The Labute approximate surface area is 200 Å². The van der Waals surface area contributed by atoms with Gasteiger partial charge in [-0.3, -0.25) is 4.79 Å². The average molecular weight is 456 g/mol. The summed E-state index contributed by atoms with van der Waals surface area (Å²) < 4.78 is 6.31. The van der Waals surface area contributed by atoms with Gasteiger partial charge in [0.05, 0.1) is 35.5 Å². The minimum atomic E-state index is -0.189. The van der Waals surface area contributed by atoms with Crippen LogP contribution < -0.4 is 20.7 Å². The standard InChI is InChI=1S/C27H29N5O2/c1-3-29-26(33)22-13-23-27(32-16-22)34-24(17-30-23)25(21-7-5-4-6-8-21)31-15-18(2)20-11-9-19(14-28)10-12-20/h4-13,16,18,24-25,30-31H,3,15,17H2,1-2H3,(H,29,33)/t18?,24-,25+/m0/s1. The Bertz CT molecular complexity index is 1160. The number of carbonyl (C=O) groups is 1. The van der Waals surface area contributed by atoms with E-state index < -0.39 is 0 Å². The van der Waals surface area contributed by atoms with Gasteiger partial charge in [0.2, 0.25) is 5.88 Å². The van der Waals surface area contributed by atoms with E-state index in [0.29, 0.717) is 30.1 Å². The first-order chi connectivity index (χ1) is 16.6. The number of rotatable bonds is 8. The second-order valence-corrected chi connectivity index (χ2v) is 8.40. The number of nitriles is 1. The van der Waals surface area contributed by atoms with E-state index in [2.05, 4.69) is 46.1 Å². The maximum Gasteiger partial charge on any atom is 0.252 e. The normalized spacial score (nSPS) is 16.2. The van der Waals surface area contributed by atoms with Gasteiger partial charge in [-0.2, -0.15) is 5.26 Å². The van der Waals surface area contributed by atoms with Crippen molar-refractivity contribution in [2.75, 3.05) is 25.0 Å². The van der Waals surface area contributed by atoms with E-state index in [1.807, 2.05) is 49.4 Å². The molecular formula is C27H29N5O2. The molecule has 7 nitrogen and oxygen atoms in total. The van der Waals surface area contributed by atoms with Gasteiger partial charge in [-0.1, -0.05) is 49.4 Å². The third-order valence-electron chi connectivity index (χ3n) is 5.99. The monoisotopic (exact) mass is 455 g/mol. The van der Waals surface area contributed by atoms with Crippen molar-refractivity contribution in [3.05, 3.63) is 89.1 Å². The molecule has 1 aromatic heterocycles. The highest BCUT2D eigenvalue weighted by atomic mass is 16.5. The van der Waals surface area contributed by atoms with Gasteiger partial charge in [0.25, 0.3) is 5.91 Å². The highest BCUT2D eigenvalue weighted by Gasteiger charge is 2.30. The van der Waals surface area contributed by atoms with E-state index in [9.17, 15) is 4.79 Å². The minimum Gasteiger partial charge on any atom is -0.469 e. The number of amides is 1. The molecule has 0 fully saturated rings. The van der Waals surface area contributed by atoms with Crippen LogP contribution in [0, 0.1) is 11.3 Å². The zero-order valence-electron chi connectivity index (χ0n) is 19.4. The Morgan fingerprint density at radius 3 is 2.68 bits per heavy atom. The molecule has 4 rings (SSSR count). The maximum atomic E-state index is 12.1. The Hall–Kier alpha value is -3.89. The second kappa shape index (κ2) is 10.8. The molecule has 0 bridgehead atoms. The number of fused-ring (bicyclic) bond motifs is 1. The lowest BCUT2D eigenvalue weighted by atomic mass is 9.96.